The largest absolute Gasteiger partial charge is 0.345 e. The van der Waals surface area contributed by atoms with Crippen LogP contribution in [0, 0.1) is 6.92 Å². The highest BCUT2D eigenvalue weighted by Gasteiger charge is 2.09. The molecule has 2 N–H and O–H groups in total. The van der Waals surface area contributed by atoms with Crippen LogP contribution >= 0.6 is 0 Å². The van der Waals surface area contributed by atoms with E-state index in [9.17, 15) is 4.79 Å². The maximum atomic E-state index is 12.2. The minimum atomic E-state index is -0.0683. The molecule has 0 saturated carbocycles. The van der Waals surface area contributed by atoms with E-state index < -0.39 is 0 Å². The fourth-order valence-electron chi connectivity index (χ4n) is 1.78. The van der Waals surface area contributed by atoms with Crippen molar-refractivity contribution in [3.8, 4) is 11.4 Å². The van der Waals surface area contributed by atoms with Crippen molar-refractivity contribution in [3.63, 3.8) is 0 Å². The summed E-state index contributed by atoms with van der Waals surface area (Å²) >= 11 is 0. The van der Waals surface area contributed by atoms with Crippen LogP contribution in [0.1, 0.15) is 5.69 Å². The van der Waals surface area contributed by atoms with Crippen molar-refractivity contribution in [3.05, 3.63) is 46.6 Å². The number of aromatic amines is 2. The summed E-state index contributed by atoms with van der Waals surface area (Å²) in [5, 5.41) is 0.569. The van der Waals surface area contributed by atoms with Gasteiger partial charge in [-0.25, -0.2) is 9.97 Å². The lowest BCUT2D eigenvalue weighted by molar-refractivity contribution is 1.22. The van der Waals surface area contributed by atoms with E-state index in [4.69, 9.17) is 0 Å². The summed E-state index contributed by atoms with van der Waals surface area (Å²) in [4.78, 5) is 26.5. The number of hydrogen-bond acceptors (Lipinski definition) is 3. The number of nitrogens with zero attached hydrogens (tertiary/aromatic N) is 2. The molecule has 0 atom stereocenters. The Hall–Kier alpha value is -2.43. The van der Waals surface area contributed by atoms with E-state index >= 15 is 0 Å². The molecule has 0 amide bonds. The number of hydrogen-bond donors (Lipinski definition) is 2. The highest BCUT2D eigenvalue weighted by Crippen LogP contribution is 2.13. The minimum Gasteiger partial charge on any atom is -0.345 e. The fraction of sp³-hybridized carbons (Fsp3) is 0.0833. The molecule has 0 saturated heterocycles. The van der Waals surface area contributed by atoms with Crippen LogP contribution < -0.4 is 5.43 Å². The van der Waals surface area contributed by atoms with Crippen molar-refractivity contribution in [2.45, 2.75) is 6.92 Å². The van der Waals surface area contributed by atoms with Crippen molar-refractivity contribution < 1.29 is 0 Å². The molecular weight excluding hydrogens is 216 g/mol. The molecule has 0 fully saturated rings. The monoisotopic (exact) mass is 226 g/mol. The molecule has 0 aromatic carbocycles. The summed E-state index contributed by atoms with van der Waals surface area (Å²) in [6.45, 7) is 1.90. The molecule has 0 aliphatic carbocycles. The first-order chi connectivity index (χ1) is 8.25. The first kappa shape index (κ1) is 9.77. The molecule has 0 aliphatic rings. The molecule has 3 heterocycles. The van der Waals surface area contributed by atoms with Gasteiger partial charge >= 0.3 is 0 Å². The van der Waals surface area contributed by atoms with Gasteiger partial charge in [-0.2, -0.15) is 0 Å². The van der Waals surface area contributed by atoms with Crippen LogP contribution in [-0.4, -0.2) is 19.9 Å². The summed E-state index contributed by atoms with van der Waals surface area (Å²) in [6, 6.07) is 3.50. The van der Waals surface area contributed by atoms with Gasteiger partial charge in [-0.05, 0) is 19.1 Å². The van der Waals surface area contributed by atoms with E-state index in [0.29, 0.717) is 22.4 Å². The van der Waals surface area contributed by atoms with Gasteiger partial charge in [0.05, 0.1) is 10.9 Å². The molecule has 0 spiro atoms. The molecular formula is C12H10N4O. The van der Waals surface area contributed by atoms with Crippen LogP contribution in [0.25, 0.3) is 22.4 Å². The topological polar surface area (TPSA) is 74.4 Å². The number of aryl methyl sites for hydroxylation is 1. The lowest BCUT2D eigenvalue weighted by Crippen LogP contribution is -2.07. The standard InChI is InChI=1S/C12H10N4O/c1-7-5-14-12(16-7)9-6-15-11-8(10(9)17)3-2-4-13-11/h2-6H,1H3,(H,14,16)(H,13,15,17). The molecule has 0 bridgehead atoms. The smallest absolute Gasteiger partial charge is 0.201 e. The number of rotatable bonds is 1. The van der Waals surface area contributed by atoms with Gasteiger partial charge in [0.1, 0.15) is 11.5 Å². The first-order valence-corrected chi connectivity index (χ1v) is 5.24. The Morgan fingerprint density at radius 2 is 2.18 bits per heavy atom. The first-order valence-electron chi connectivity index (χ1n) is 5.24. The number of fused-ring (bicyclic) bond motifs is 1. The Bertz CT molecular complexity index is 741. The van der Waals surface area contributed by atoms with Crippen LogP contribution in [-0.2, 0) is 0 Å². The maximum absolute atomic E-state index is 12.2. The number of imidazole rings is 1. The number of nitrogens with one attached hydrogen (secondary N) is 2. The van der Waals surface area contributed by atoms with Crippen molar-refractivity contribution in [1.82, 2.24) is 19.9 Å². The molecule has 3 rings (SSSR count). The molecule has 0 aliphatic heterocycles. The van der Waals surface area contributed by atoms with E-state index in [-0.39, 0.29) is 5.43 Å². The molecule has 0 radical (unpaired) electrons. The third kappa shape index (κ3) is 1.52. The highest BCUT2D eigenvalue weighted by atomic mass is 16.1. The van der Waals surface area contributed by atoms with Crippen molar-refractivity contribution in [2.24, 2.45) is 0 Å². The average molecular weight is 226 g/mol. The lowest BCUT2D eigenvalue weighted by atomic mass is 10.2. The summed E-state index contributed by atoms with van der Waals surface area (Å²) in [5.74, 6) is 0.578. The Morgan fingerprint density at radius 3 is 2.94 bits per heavy atom. The summed E-state index contributed by atoms with van der Waals surface area (Å²) in [6.07, 6.45) is 4.98. The Kier molecular flexibility index (Phi) is 2.04. The van der Waals surface area contributed by atoms with Crippen LogP contribution in [0.15, 0.2) is 35.5 Å². The second-order valence-electron chi connectivity index (χ2n) is 3.85. The van der Waals surface area contributed by atoms with Gasteiger partial charge in [-0.3, -0.25) is 4.79 Å². The number of aromatic nitrogens is 4. The third-order valence-electron chi connectivity index (χ3n) is 2.61. The normalized spacial score (nSPS) is 10.9. The van der Waals surface area contributed by atoms with E-state index in [0.717, 1.165) is 5.69 Å². The van der Waals surface area contributed by atoms with Gasteiger partial charge in [0.2, 0.25) is 5.43 Å². The molecule has 0 unspecified atom stereocenters. The van der Waals surface area contributed by atoms with Gasteiger partial charge < -0.3 is 9.97 Å². The van der Waals surface area contributed by atoms with E-state index in [1.54, 1.807) is 30.7 Å². The van der Waals surface area contributed by atoms with E-state index in [1.807, 2.05) is 6.92 Å². The highest BCUT2D eigenvalue weighted by molar-refractivity contribution is 5.78. The van der Waals surface area contributed by atoms with E-state index in [1.165, 1.54) is 0 Å². The summed E-state index contributed by atoms with van der Waals surface area (Å²) in [7, 11) is 0. The minimum absolute atomic E-state index is 0.0683. The molecule has 5 heteroatoms. The maximum Gasteiger partial charge on any atom is 0.201 e. The molecule has 5 nitrogen and oxygen atoms in total. The Balaban J connectivity index is 2.32. The number of H-pyrrole nitrogens is 2. The van der Waals surface area contributed by atoms with Crippen molar-refractivity contribution in [2.75, 3.05) is 0 Å². The second-order valence-corrected chi connectivity index (χ2v) is 3.85. The predicted molar refractivity (Wildman–Crippen MR) is 64.7 cm³/mol. The van der Waals surface area contributed by atoms with Gasteiger partial charge in [0.15, 0.2) is 0 Å². The predicted octanol–water partition coefficient (Wildman–Crippen LogP) is 1.62. The quantitative estimate of drug-likeness (QED) is 0.662. The third-order valence-corrected chi connectivity index (χ3v) is 2.61. The van der Waals surface area contributed by atoms with Crippen LogP contribution in [0.4, 0.5) is 0 Å². The molecule has 3 aromatic heterocycles. The van der Waals surface area contributed by atoms with Crippen molar-refractivity contribution in [1.29, 1.82) is 0 Å². The van der Waals surface area contributed by atoms with Crippen molar-refractivity contribution >= 4 is 11.0 Å². The van der Waals surface area contributed by atoms with Gasteiger partial charge in [0.25, 0.3) is 0 Å². The van der Waals surface area contributed by atoms with Gasteiger partial charge in [0, 0.05) is 24.3 Å². The Morgan fingerprint density at radius 1 is 1.29 bits per heavy atom. The van der Waals surface area contributed by atoms with Gasteiger partial charge in [-0.15, -0.1) is 0 Å². The van der Waals surface area contributed by atoms with Crippen LogP contribution in [0.5, 0.6) is 0 Å². The zero-order valence-electron chi connectivity index (χ0n) is 9.19. The van der Waals surface area contributed by atoms with E-state index in [2.05, 4.69) is 19.9 Å². The van der Waals surface area contributed by atoms with Crippen LogP contribution in [0.3, 0.4) is 0 Å². The van der Waals surface area contributed by atoms with Crippen LogP contribution in [0.2, 0.25) is 0 Å². The average Bonchev–Trinajstić information content (AvgIpc) is 2.77. The SMILES string of the molecule is Cc1cnc(-c2c[nH]c3ncccc3c2=O)[nH]1. The lowest BCUT2D eigenvalue weighted by Gasteiger charge is -1.99. The zero-order chi connectivity index (χ0) is 11.8. The summed E-state index contributed by atoms with van der Waals surface area (Å²) < 4.78 is 0. The van der Waals surface area contributed by atoms with Gasteiger partial charge in [-0.1, -0.05) is 0 Å². The summed E-state index contributed by atoms with van der Waals surface area (Å²) in [5.41, 5.74) is 1.97. The molecule has 17 heavy (non-hydrogen) atoms. The fourth-order valence-corrected chi connectivity index (χ4v) is 1.78. The molecule has 3 aromatic rings. The second kappa shape index (κ2) is 3.55. The number of pyridine rings is 2. The molecule has 84 valence electrons. The Labute approximate surface area is 96.6 Å². The zero-order valence-corrected chi connectivity index (χ0v) is 9.19.